The van der Waals surface area contributed by atoms with Crippen molar-refractivity contribution in [3.63, 3.8) is 0 Å². The Morgan fingerprint density at radius 3 is 2.36 bits per heavy atom. The van der Waals surface area contributed by atoms with Gasteiger partial charge in [0.25, 0.3) is 0 Å². The normalized spacial score (nSPS) is 52.6. The van der Waals surface area contributed by atoms with Crippen LogP contribution in [0.3, 0.4) is 0 Å². The monoisotopic (exact) mass is 164 g/mol. The summed E-state index contributed by atoms with van der Waals surface area (Å²) in [7, 11) is 0. The van der Waals surface area contributed by atoms with Crippen molar-refractivity contribution in [1.82, 2.24) is 0 Å². The van der Waals surface area contributed by atoms with Crippen LogP contribution in [0.4, 0.5) is 0 Å². The molecule has 1 heterocycles. The molecule has 4 atom stereocenters. The van der Waals surface area contributed by atoms with E-state index in [1.807, 2.05) is 0 Å². The maximum absolute atomic E-state index is 9.19. The summed E-state index contributed by atoms with van der Waals surface area (Å²) in [6.45, 7) is 1.05. The van der Waals surface area contributed by atoms with Crippen molar-refractivity contribution < 1.29 is 25.2 Å². The number of ether oxygens (including phenoxy) is 1. The summed E-state index contributed by atoms with van der Waals surface area (Å²) in [6.07, 6.45) is -3.95. The summed E-state index contributed by atoms with van der Waals surface area (Å²) < 4.78 is 4.66. The van der Waals surface area contributed by atoms with E-state index in [0.29, 0.717) is 0 Å². The van der Waals surface area contributed by atoms with Gasteiger partial charge in [-0.3, -0.25) is 0 Å². The number of aliphatic hydroxyl groups is 4. The second-order valence-electron chi connectivity index (χ2n) is 2.87. The molecule has 1 saturated heterocycles. The predicted octanol–water partition coefficient (Wildman–Crippen LogP) is -2.19. The molecule has 1 rings (SSSR count). The third kappa shape index (κ3) is 1.52. The highest BCUT2D eigenvalue weighted by atomic mass is 16.6. The fourth-order valence-corrected chi connectivity index (χ4v) is 0.965. The van der Waals surface area contributed by atoms with Crippen LogP contribution in [0, 0.1) is 0 Å². The van der Waals surface area contributed by atoms with Crippen LogP contribution in [0.15, 0.2) is 0 Å². The Balaban J connectivity index is 2.67. The molecule has 0 aromatic heterocycles. The zero-order valence-electron chi connectivity index (χ0n) is 6.14. The molecular formula is C6H12O5. The van der Waals surface area contributed by atoms with E-state index in [1.54, 1.807) is 0 Å². The van der Waals surface area contributed by atoms with E-state index in [0.717, 1.165) is 0 Å². The number of aliphatic hydroxyl groups excluding tert-OH is 3. The fourth-order valence-electron chi connectivity index (χ4n) is 0.965. The second-order valence-corrected chi connectivity index (χ2v) is 2.87. The standard InChI is InChI=1S/C6H12O5/c1-6(10)5(9)4(8)3(7)2-11-6/h3-5,7-10H,2H2,1H3/t3?,4?,5?,6-/m1/s1. The molecule has 0 aliphatic carbocycles. The largest absolute Gasteiger partial charge is 0.388 e. The highest BCUT2D eigenvalue weighted by Gasteiger charge is 2.44. The molecule has 0 amide bonds. The van der Waals surface area contributed by atoms with Gasteiger partial charge in [-0.25, -0.2) is 0 Å². The minimum Gasteiger partial charge on any atom is -0.388 e. The van der Waals surface area contributed by atoms with Gasteiger partial charge in [0.05, 0.1) is 6.61 Å². The van der Waals surface area contributed by atoms with Crippen LogP contribution in [0.2, 0.25) is 0 Å². The first-order chi connectivity index (χ1) is 4.95. The van der Waals surface area contributed by atoms with E-state index in [2.05, 4.69) is 4.74 Å². The Morgan fingerprint density at radius 2 is 1.91 bits per heavy atom. The zero-order valence-corrected chi connectivity index (χ0v) is 6.14. The highest BCUT2D eigenvalue weighted by molar-refractivity contribution is 4.88. The van der Waals surface area contributed by atoms with Crippen molar-refractivity contribution in [2.24, 2.45) is 0 Å². The van der Waals surface area contributed by atoms with E-state index in [1.165, 1.54) is 6.92 Å². The van der Waals surface area contributed by atoms with Crippen LogP contribution in [0.25, 0.3) is 0 Å². The third-order valence-corrected chi connectivity index (χ3v) is 1.81. The molecule has 3 unspecified atom stereocenters. The van der Waals surface area contributed by atoms with Crippen molar-refractivity contribution in [2.45, 2.75) is 31.0 Å². The van der Waals surface area contributed by atoms with Gasteiger partial charge in [0.15, 0.2) is 5.79 Å². The van der Waals surface area contributed by atoms with E-state index in [-0.39, 0.29) is 6.61 Å². The average Bonchev–Trinajstić information content (AvgIpc) is 1.95. The van der Waals surface area contributed by atoms with Crippen molar-refractivity contribution in [2.75, 3.05) is 6.61 Å². The molecule has 0 aromatic carbocycles. The molecule has 0 radical (unpaired) electrons. The smallest absolute Gasteiger partial charge is 0.191 e. The SMILES string of the molecule is C[C@@]1(O)OCC(O)C(O)C1O. The molecule has 1 aliphatic rings. The molecule has 0 saturated carbocycles. The van der Waals surface area contributed by atoms with Gasteiger partial charge >= 0.3 is 0 Å². The van der Waals surface area contributed by atoms with Crippen LogP contribution in [-0.4, -0.2) is 51.1 Å². The zero-order chi connectivity index (χ0) is 8.65. The third-order valence-electron chi connectivity index (χ3n) is 1.81. The summed E-state index contributed by atoms with van der Waals surface area (Å²) in [4.78, 5) is 0. The van der Waals surface area contributed by atoms with Crippen molar-refractivity contribution >= 4 is 0 Å². The van der Waals surface area contributed by atoms with Crippen LogP contribution < -0.4 is 0 Å². The summed E-state index contributed by atoms with van der Waals surface area (Å²) in [5.41, 5.74) is 0. The highest BCUT2D eigenvalue weighted by Crippen LogP contribution is 2.22. The van der Waals surface area contributed by atoms with Crippen LogP contribution in [0.5, 0.6) is 0 Å². The lowest BCUT2D eigenvalue weighted by Crippen LogP contribution is -2.59. The van der Waals surface area contributed by atoms with E-state index in [9.17, 15) is 5.11 Å². The Bertz CT molecular complexity index is 146. The van der Waals surface area contributed by atoms with Crippen LogP contribution in [0.1, 0.15) is 6.92 Å². The Hall–Kier alpha value is -0.200. The molecule has 0 bridgehead atoms. The van der Waals surface area contributed by atoms with Crippen molar-refractivity contribution in [1.29, 1.82) is 0 Å². The molecule has 4 N–H and O–H groups in total. The minimum absolute atomic E-state index is 0.175. The van der Waals surface area contributed by atoms with E-state index in [4.69, 9.17) is 15.3 Å². The van der Waals surface area contributed by atoms with Gasteiger partial charge in [0.2, 0.25) is 0 Å². The van der Waals surface area contributed by atoms with E-state index >= 15 is 0 Å². The lowest BCUT2D eigenvalue weighted by molar-refractivity contribution is -0.312. The molecule has 0 aromatic rings. The number of hydrogen-bond acceptors (Lipinski definition) is 5. The Labute approximate surface area is 63.8 Å². The predicted molar refractivity (Wildman–Crippen MR) is 34.6 cm³/mol. The molecule has 5 heteroatoms. The Morgan fingerprint density at radius 1 is 1.36 bits per heavy atom. The summed E-state index contributed by atoms with van der Waals surface area (Å²) in [5, 5.41) is 36.3. The molecule has 11 heavy (non-hydrogen) atoms. The minimum atomic E-state index is -1.77. The first-order valence-corrected chi connectivity index (χ1v) is 3.35. The number of rotatable bonds is 0. The van der Waals surface area contributed by atoms with Gasteiger partial charge in [-0.2, -0.15) is 0 Å². The topological polar surface area (TPSA) is 90.2 Å². The van der Waals surface area contributed by atoms with Crippen molar-refractivity contribution in [3.8, 4) is 0 Å². The van der Waals surface area contributed by atoms with Gasteiger partial charge in [0, 0.05) is 0 Å². The van der Waals surface area contributed by atoms with Crippen molar-refractivity contribution in [3.05, 3.63) is 0 Å². The summed E-state index contributed by atoms with van der Waals surface area (Å²) >= 11 is 0. The summed E-state index contributed by atoms with van der Waals surface area (Å²) in [6, 6.07) is 0. The first-order valence-electron chi connectivity index (χ1n) is 3.35. The average molecular weight is 164 g/mol. The molecular weight excluding hydrogens is 152 g/mol. The second kappa shape index (κ2) is 2.69. The van der Waals surface area contributed by atoms with Gasteiger partial charge in [-0.05, 0) is 6.92 Å². The lowest BCUT2D eigenvalue weighted by Gasteiger charge is -2.39. The summed E-state index contributed by atoms with van der Waals surface area (Å²) in [5.74, 6) is -1.77. The molecule has 0 spiro atoms. The molecule has 1 aliphatic heterocycles. The molecule has 66 valence electrons. The van der Waals surface area contributed by atoms with Gasteiger partial charge in [-0.15, -0.1) is 0 Å². The lowest BCUT2D eigenvalue weighted by atomic mass is 9.98. The van der Waals surface area contributed by atoms with Gasteiger partial charge in [0.1, 0.15) is 18.3 Å². The fraction of sp³-hybridized carbons (Fsp3) is 1.00. The molecule has 5 nitrogen and oxygen atoms in total. The van der Waals surface area contributed by atoms with E-state index < -0.39 is 24.1 Å². The first kappa shape index (κ1) is 8.89. The maximum Gasteiger partial charge on any atom is 0.191 e. The van der Waals surface area contributed by atoms with Crippen LogP contribution in [-0.2, 0) is 4.74 Å². The van der Waals surface area contributed by atoms with Gasteiger partial charge in [-0.1, -0.05) is 0 Å². The maximum atomic E-state index is 9.19. The van der Waals surface area contributed by atoms with Crippen LogP contribution >= 0.6 is 0 Å². The quantitative estimate of drug-likeness (QED) is 0.326. The Kier molecular flexibility index (Phi) is 2.17. The number of hydrogen-bond donors (Lipinski definition) is 4. The van der Waals surface area contributed by atoms with Gasteiger partial charge < -0.3 is 25.2 Å². The molecule has 1 fully saturated rings.